The van der Waals surface area contributed by atoms with E-state index in [-0.39, 0.29) is 24.4 Å². The SMILES string of the molecule is CN1C(=O)C(=Cc2ccccc2F)Sc2ccc(C(=O)N3CCN(Cc4ccc5c(c4)OCO5)CC3)cc21. The number of carbonyl (C=O) groups excluding carboxylic acids is 2. The summed E-state index contributed by atoms with van der Waals surface area (Å²) in [6, 6.07) is 17.8. The fourth-order valence-corrected chi connectivity index (χ4v) is 5.93. The van der Waals surface area contributed by atoms with Crippen LogP contribution in [0.25, 0.3) is 6.08 Å². The molecule has 3 heterocycles. The average Bonchev–Trinajstić information content (AvgIpc) is 3.41. The van der Waals surface area contributed by atoms with Gasteiger partial charge in [0.2, 0.25) is 6.79 Å². The van der Waals surface area contributed by atoms with Crippen LogP contribution in [0.15, 0.2) is 70.5 Å². The van der Waals surface area contributed by atoms with Gasteiger partial charge in [-0.05, 0) is 48.0 Å². The number of hydrogen-bond donors (Lipinski definition) is 0. The highest BCUT2D eigenvalue weighted by molar-refractivity contribution is 8.04. The lowest BCUT2D eigenvalue weighted by Crippen LogP contribution is -2.48. The third-order valence-electron chi connectivity index (χ3n) is 7.00. The monoisotopic (exact) mass is 531 g/mol. The highest BCUT2D eigenvalue weighted by atomic mass is 32.2. The Balaban J connectivity index is 1.12. The molecule has 1 fully saturated rings. The Morgan fingerprint density at radius 3 is 2.61 bits per heavy atom. The zero-order chi connectivity index (χ0) is 26.2. The molecule has 0 bridgehead atoms. The van der Waals surface area contributed by atoms with Gasteiger partial charge in [0.15, 0.2) is 11.5 Å². The molecule has 0 spiro atoms. The van der Waals surface area contributed by atoms with Gasteiger partial charge in [-0.1, -0.05) is 36.0 Å². The van der Waals surface area contributed by atoms with Gasteiger partial charge in [0.05, 0.1) is 10.6 Å². The Labute approximate surface area is 224 Å². The Kier molecular flexibility index (Phi) is 6.55. The summed E-state index contributed by atoms with van der Waals surface area (Å²) in [5.74, 6) is 0.901. The highest BCUT2D eigenvalue weighted by Crippen LogP contribution is 2.42. The van der Waals surface area contributed by atoms with Gasteiger partial charge < -0.3 is 19.3 Å². The van der Waals surface area contributed by atoms with Crippen LogP contribution in [-0.2, 0) is 11.3 Å². The minimum atomic E-state index is -0.376. The zero-order valence-corrected chi connectivity index (χ0v) is 21.7. The molecule has 3 aromatic carbocycles. The molecule has 0 unspecified atom stereocenters. The van der Waals surface area contributed by atoms with E-state index in [0.717, 1.165) is 41.6 Å². The number of hydrogen-bond acceptors (Lipinski definition) is 6. The van der Waals surface area contributed by atoms with Gasteiger partial charge >= 0.3 is 0 Å². The number of ether oxygens (including phenoxy) is 2. The van der Waals surface area contributed by atoms with Crippen molar-refractivity contribution in [2.75, 3.05) is 44.9 Å². The summed E-state index contributed by atoms with van der Waals surface area (Å²) in [5, 5.41) is 0. The lowest BCUT2D eigenvalue weighted by molar-refractivity contribution is -0.114. The van der Waals surface area contributed by atoms with Crippen molar-refractivity contribution < 1.29 is 23.5 Å². The van der Waals surface area contributed by atoms with Crippen LogP contribution in [0.4, 0.5) is 10.1 Å². The van der Waals surface area contributed by atoms with Crippen LogP contribution in [0.2, 0.25) is 0 Å². The number of rotatable bonds is 4. The smallest absolute Gasteiger partial charge is 0.264 e. The Morgan fingerprint density at radius 2 is 1.79 bits per heavy atom. The van der Waals surface area contributed by atoms with Crippen molar-refractivity contribution in [3.05, 3.63) is 88.1 Å². The molecule has 3 aliphatic rings. The Hall–Kier alpha value is -3.82. The summed E-state index contributed by atoms with van der Waals surface area (Å²) in [6.07, 6.45) is 1.57. The second-order valence-electron chi connectivity index (χ2n) is 9.43. The first kappa shape index (κ1) is 24.5. The van der Waals surface area contributed by atoms with Crippen LogP contribution < -0.4 is 14.4 Å². The second kappa shape index (κ2) is 10.2. The van der Waals surface area contributed by atoms with Crippen molar-refractivity contribution in [3.8, 4) is 11.5 Å². The van der Waals surface area contributed by atoms with E-state index in [1.807, 2.05) is 29.2 Å². The molecule has 0 radical (unpaired) electrons. The van der Waals surface area contributed by atoms with E-state index in [9.17, 15) is 14.0 Å². The molecule has 0 atom stereocenters. The lowest BCUT2D eigenvalue weighted by atomic mass is 10.1. The van der Waals surface area contributed by atoms with E-state index in [1.165, 1.54) is 22.7 Å². The van der Waals surface area contributed by atoms with Gasteiger partial charge in [-0.3, -0.25) is 14.5 Å². The van der Waals surface area contributed by atoms with Gasteiger partial charge in [-0.15, -0.1) is 0 Å². The Morgan fingerprint density at radius 1 is 1.00 bits per heavy atom. The molecule has 0 saturated carbocycles. The molecule has 3 aromatic rings. The van der Waals surface area contributed by atoms with Crippen molar-refractivity contribution >= 4 is 35.3 Å². The van der Waals surface area contributed by atoms with Gasteiger partial charge in [0.25, 0.3) is 11.8 Å². The maximum Gasteiger partial charge on any atom is 0.264 e. The van der Waals surface area contributed by atoms with Gasteiger partial charge in [0.1, 0.15) is 5.82 Å². The van der Waals surface area contributed by atoms with E-state index >= 15 is 0 Å². The standard InChI is InChI=1S/C29H26FN3O4S/c1-31-23-15-21(7-9-26(23)38-27(29(31)35)16-20-4-2-3-5-22(20)30)28(34)33-12-10-32(11-13-33)17-19-6-8-24-25(14-19)37-18-36-24/h2-9,14-16H,10-13,17-18H2,1H3. The highest BCUT2D eigenvalue weighted by Gasteiger charge is 2.29. The minimum Gasteiger partial charge on any atom is -0.454 e. The van der Waals surface area contributed by atoms with Crippen molar-refractivity contribution in [1.29, 1.82) is 0 Å². The number of carbonyl (C=O) groups is 2. The molecule has 2 amide bonds. The van der Waals surface area contributed by atoms with Crippen molar-refractivity contribution in [1.82, 2.24) is 9.80 Å². The van der Waals surface area contributed by atoms with Crippen LogP contribution in [-0.4, -0.2) is 61.6 Å². The minimum absolute atomic E-state index is 0.0472. The van der Waals surface area contributed by atoms with Crippen LogP contribution in [0.5, 0.6) is 11.5 Å². The molecule has 0 N–H and O–H groups in total. The Bertz CT molecular complexity index is 1450. The summed E-state index contributed by atoms with van der Waals surface area (Å²) in [4.78, 5) is 33.3. The van der Waals surface area contributed by atoms with Crippen LogP contribution in [0.3, 0.4) is 0 Å². The van der Waals surface area contributed by atoms with E-state index in [2.05, 4.69) is 4.90 Å². The first-order chi connectivity index (χ1) is 18.5. The number of nitrogens with zero attached hydrogens (tertiary/aromatic N) is 3. The summed E-state index contributed by atoms with van der Waals surface area (Å²) in [7, 11) is 1.68. The van der Waals surface area contributed by atoms with E-state index in [1.54, 1.807) is 43.5 Å². The molecule has 1 saturated heterocycles. The number of halogens is 1. The quantitative estimate of drug-likeness (QED) is 0.458. The maximum atomic E-state index is 14.1. The topological polar surface area (TPSA) is 62.3 Å². The molecule has 38 heavy (non-hydrogen) atoms. The maximum absolute atomic E-state index is 14.1. The second-order valence-corrected chi connectivity index (χ2v) is 10.5. The summed E-state index contributed by atoms with van der Waals surface area (Å²) < 4.78 is 25.0. The molecule has 194 valence electrons. The normalized spacial score (nSPS) is 18.2. The molecule has 6 rings (SSSR count). The largest absolute Gasteiger partial charge is 0.454 e. The molecule has 9 heteroatoms. The lowest BCUT2D eigenvalue weighted by Gasteiger charge is -2.35. The summed E-state index contributed by atoms with van der Waals surface area (Å²) in [6.45, 7) is 3.83. The first-order valence-electron chi connectivity index (χ1n) is 12.4. The first-order valence-corrected chi connectivity index (χ1v) is 13.2. The van der Waals surface area contributed by atoms with Crippen LogP contribution in [0.1, 0.15) is 21.5 Å². The third-order valence-corrected chi connectivity index (χ3v) is 8.07. The number of thioether (sulfide) groups is 1. The van der Waals surface area contributed by atoms with Crippen molar-refractivity contribution in [2.24, 2.45) is 0 Å². The van der Waals surface area contributed by atoms with E-state index < -0.39 is 0 Å². The third kappa shape index (κ3) is 4.75. The predicted octanol–water partition coefficient (Wildman–Crippen LogP) is 4.62. The average molecular weight is 532 g/mol. The number of anilines is 1. The van der Waals surface area contributed by atoms with Gasteiger partial charge in [0, 0.05) is 55.8 Å². The predicted molar refractivity (Wildman–Crippen MR) is 144 cm³/mol. The van der Waals surface area contributed by atoms with E-state index in [0.29, 0.717) is 34.8 Å². The molecule has 3 aliphatic heterocycles. The molecular weight excluding hydrogens is 505 g/mol. The molecular formula is C29H26FN3O4S. The summed E-state index contributed by atoms with van der Waals surface area (Å²) in [5.41, 5.74) is 2.75. The number of fused-ring (bicyclic) bond motifs is 2. The number of benzene rings is 3. The van der Waals surface area contributed by atoms with Gasteiger partial charge in [-0.2, -0.15) is 0 Å². The molecule has 0 aliphatic carbocycles. The number of piperazine rings is 1. The van der Waals surface area contributed by atoms with Crippen molar-refractivity contribution in [2.45, 2.75) is 11.4 Å². The molecule has 0 aromatic heterocycles. The number of likely N-dealkylation sites (N-methyl/N-ethyl adjacent to an activating group) is 1. The van der Waals surface area contributed by atoms with E-state index in [4.69, 9.17) is 9.47 Å². The summed E-state index contributed by atoms with van der Waals surface area (Å²) >= 11 is 1.29. The number of amides is 2. The fraction of sp³-hybridized carbons (Fsp3) is 0.241. The van der Waals surface area contributed by atoms with Crippen LogP contribution >= 0.6 is 11.8 Å². The van der Waals surface area contributed by atoms with Crippen molar-refractivity contribution in [3.63, 3.8) is 0 Å². The zero-order valence-electron chi connectivity index (χ0n) is 20.9. The molecule has 7 nitrogen and oxygen atoms in total. The fourth-order valence-electron chi connectivity index (χ4n) is 4.85. The van der Waals surface area contributed by atoms with Crippen LogP contribution in [0, 0.1) is 5.82 Å². The van der Waals surface area contributed by atoms with Gasteiger partial charge in [-0.25, -0.2) is 4.39 Å².